The molecule has 4 aromatic rings. The molecule has 1 aromatic heterocycles. The molecule has 5 rings (SSSR count). The number of anilines is 1. The van der Waals surface area contributed by atoms with Crippen LogP contribution in [0.25, 0.3) is 10.6 Å². The highest BCUT2D eigenvalue weighted by Crippen LogP contribution is 2.43. The fraction of sp³-hybridized carbons (Fsp3) is 0.0741. The van der Waals surface area contributed by atoms with Crippen LogP contribution in [0.1, 0.15) is 27.0 Å². The van der Waals surface area contributed by atoms with Crippen molar-refractivity contribution in [1.82, 2.24) is 4.98 Å². The van der Waals surface area contributed by atoms with Crippen LogP contribution in [-0.2, 0) is 4.79 Å². The largest absolute Gasteiger partial charge is 0.503 e. The summed E-state index contributed by atoms with van der Waals surface area (Å²) in [7, 11) is 0. The lowest BCUT2D eigenvalue weighted by Crippen LogP contribution is -2.31. The van der Waals surface area contributed by atoms with E-state index in [0.717, 1.165) is 5.56 Å². The maximum absolute atomic E-state index is 13.8. The molecule has 34 heavy (non-hydrogen) atoms. The van der Waals surface area contributed by atoms with Crippen molar-refractivity contribution in [3.8, 4) is 10.6 Å². The molecule has 1 N–H and O–H groups in total. The molecule has 0 fully saturated rings. The Labute approximate surface area is 205 Å². The number of carbonyl (C=O) groups excluding carboxylic acids is 2. The second-order valence-electron chi connectivity index (χ2n) is 7.86. The van der Waals surface area contributed by atoms with Crippen LogP contribution in [0.4, 0.5) is 5.69 Å². The fourth-order valence-corrected chi connectivity index (χ4v) is 5.32. The Morgan fingerprint density at radius 3 is 2.35 bits per heavy atom. The number of ketones is 1. The molecule has 0 spiro atoms. The maximum Gasteiger partial charge on any atom is 0.294 e. The van der Waals surface area contributed by atoms with Gasteiger partial charge < -0.3 is 5.11 Å². The number of thiazole rings is 1. The summed E-state index contributed by atoms with van der Waals surface area (Å²) in [5.41, 5.74) is 2.67. The monoisotopic (exact) mass is 486 g/mol. The third-order valence-electron chi connectivity index (χ3n) is 5.68. The van der Waals surface area contributed by atoms with Gasteiger partial charge in [0, 0.05) is 16.3 Å². The Balaban J connectivity index is 1.63. The quantitative estimate of drug-likeness (QED) is 0.324. The molecule has 0 saturated carbocycles. The average molecular weight is 487 g/mol. The number of hydrogen-bond acceptors (Lipinski definition) is 5. The van der Waals surface area contributed by atoms with Gasteiger partial charge in [-0.3, -0.25) is 14.5 Å². The van der Waals surface area contributed by atoms with E-state index >= 15 is 0 Å². The molecule has 2 heterocycles. The minimum absolute atomic E-state index is 0.0301. The normalized spacial score (nSPS) is 15.8. The fourth-order valence-electron chi connectivity index (χ4n) is 4.11. The zero-order valence-electron chi connectivity index (χ0n) is 18.1. The highest BCUT2D eigenvalue weighted by Gasteiger charge is 2.45. The summed E-state index contributed by atoms with van der Waals surface area (Å²) in [5.74, 6) is -1.63. The molecule has 1 atom stereocenters. The minimum atomic E-state index is -0.804. The number of hydrogen-bond donors (Lipinski definition) is 1. The number of aliphatic hydroxyl groups is 1. The number of halogens is 1. The van der Waals surface area contributed by atoms with Gasteiger partial charge in [-0.1, -0.05) is 78.3 Å². The lowest BCUT2D eigenvalue weighted by molar-refractivity contribution is -0.117. The van der Waals surface area contributed by atoms with Crippen LogP contribution in [0.2, 0.25) is 5.02 Å². The number of carbonyl (C=O) groups is 2. The van der Waals surface area contributed by atoms with Crippen LogP contribution in [0.15, 0.2) is 96.3 Å². The van der Waals surface area contributed by atoms with Crippen LogP contribution in [0.5, 0.6) is 0 Å². The van der Waals surface area contributed by atoms with E-state index in [9.17, 15) is 14.7 Å². The lowest BCUT2D eigenvalue weighted by atomic mass is 9.95. The highest BCUT2D eigenvalue weighted by molar-refractivity contribution is 7.17. The topological polar surface area (TPSA) is 70.5 Å². The Bertz CT molecular complexity index is 1430. The van der Waals surface area contributed by atoms with E-state index in [-0.39, 0.29) is 5.57 Å². The summed E-state index contributed by atoms with van der Waals surface area (Å²) in [4.78, 5) is 33.5. The van der Waals surface area contributed by atoms with E-state index in [4.69, 9.17) is 11.6 Å². The molecular weight excluding hydrogens is 468 g/mol. The first kappa shape index (κ1) is 22.1. The van der Waals surface area contributed by atoms with Crippen molar-refractivity contribution in [2.45, 2.75) is 13.0 Å². The number of nitrogens with zero attached hydrogens (tertiary/aromatic N) is 2. The van der Waals surface area contributed by atoms with Crippen LogP contribution in [-0.4, -0.2) is 21.8 Å². The van der Waals surface area contributed by atoms with E-state index < -0.39 is 23.5 Å². The highest BCUT2D eigenvalue weighted by atomic mass is 35.5. The van der Waals surface area contributed by atoms with Crippen LogP contribution >= 0.6 is 22.9 Å². The predicted molar refractivity (Wildman–Crippen MR) is 134 cm³/mol. The standard InChI is InChI=1S/C27H19ClN2O3S/c1-16-25(34-26(29-16)18-11-6-3-7-12-18)23(31)21-22(17-9-4-2-5-10-17)30(27(33)24(21)32)20-14-8-13-19(28)15-20/h2-15,22,32H,1H3. The molecule has 0 aliphatic carbocycles. The minimum Gasteiger partial charge on any atom is -0.503 e. The molecule has 1 aliphatic heterocycles. The van der Waals surface area contributed by atoms with E-state index in [1.807, 2.05) is 60.7 Å². The van der Waals surface area contributed by atoms with Gasteiger partial charge in [-0.2, -0.15) is 0 Å². The van der Waals surface area contributed by atoms with Gasteiger partial charge in [-0.15, -0.1) is 11.3 Å². The van der Waals surface area contributed by atoms with Gasteiger partial charge in [0.1, 0.15) is 5.01 Å². The lowest BCUT2D eigenvalue weighted by Gasteiger charge is -2.27. The van der Waals surface area contributed by atoms with Gasteiger partial charge in [0.25, 0.3) is 5.91 Å². The van der Waals surface area contributed by atoms with Gasteiger partial charge in [0.2, 0.25) is 5.78 Å². The molecule has 5 nitrogen and oxygen atoms in total. The zero-order chi connectivity index (χ0) is 23.8. The molecule has 0 radical (unpaired) electrons. The van der Waals surface area contributed by atoms with Gasteiger partial charge in [0.15, 0.2) is 5.76 Å². The van der Waals surface area contributed by atoms with E-state index in [1.54, 1.807) is 31.2 Å². The molecule has 0 bridgehead atoms. The summed E-state index contributed by atoms with van der Waals surface area (Å²) in [6, 6.07) is 24.8. The van der Waals surface area contributed by atoms with Crippen molar-refractivity contribution in [3.05, 3.63) is 117 Å². The number of benzene rings is 3. The number of rotatable bonds is 5. The molecule has 1 amide bonds. The Morgan fingerprint density at radius 1 is 1.00 bits per heavy atom. The summed E-state index contributed by atoms with van der Waals surface area (Å²) in [5, 5.41) is 12.1. The van der Waals surface area contributed by atoms with Gasteiger partial charge in [0.05, 0.1) is 22.2 Å². The number of Topliss-reactive ketones (excluding diaryl/α,β-unsaturated/α-hetero) is 1. The second kappa shape index (κ2) is 8.89. The number of aryl methyl sites for hydroxylation is 1. The molecule has 168 valence electrons. The summed E-state index contributed by atoms with van der Waals surface area (Å²) in [6.07, 6.45) is 0. The predicted octanol–water partition coefficient (Wildman–Crippen LogP) is 6.55. The zero-order valence-corrected chi connectivity index (χ0v) is 19.7. The summed E-state index contributed by atoms with van der Waals surface area (Å²) in [6.45, 7) is 1.76. The second-order valence-corrected chi connectivity index (χ2v) is 9.29. The van der Waals surface area contributed by atoms with E-state index in [0.29, 0.717) is 31.9 Å². The van der Waals surface area contributed by atoms with Crippen molar-refractivity contribution in [1.29, 1.82) is 0 Å². The Morgan fingerprint density at radius 2 is 1.68 bits per heavy atom. The first-order chi connectivity index (χ1) is 16.5. The molecule has 3 aromatic carbocycles. The summed E-state index contributed by atoms with van der Waals surface area (Å²) >= 11 is 7.44. The average Bonchev–Trinajstić information content (AvgIpc) is 3.37. The molecular formula is C27H19ClN2O3S. The SMILES string of the molecule is Cc1nc(-c2ccccc2)sc1C(=O)C1=C(O)C(=O)N(c2cccc(Cl)c2)C1c1ccccc1. The number of aromatic nitrogens is 1. The van der Waals surface area contributed by atoms with Crippen LogP contribution in [0.3, 0.4) is 0 Å². The molecule has 7 heteroatoms. The number of aliphatic hydroxyl groups excluding tert-OH is 1. The van der Waals surface area contributed by atoms with Crippen molar-refractivity contribution >= 4 is 40.3 Å². The van der Waals surface area contributed by atoms with Crippen molar-refractivity contribution in [2.75, 3.05) is 4.90 Å². The van der Waals surface area contributed by atoms with Crippen molar-refractivity contribution in [2.24, 2.45) is 0 Å². The van der Waals surface area contributed by atoms with E-state index in [2.05, 4.69) is 4.98 Å². The first-order valence-electron chi connectivity index (χ1n) is 10.6. The van der Waals surface area contributed by atoms with Crippen LogP contribution in [0, 0.1) is 6.92 Å². The van der Waals surface area contributed by atoms with Crippen LogP contribution < -0.4 is 4.90 Å². The maximum atomic E-state index is 13.8. The van der Waals surface area contributed by atoms with Gasteiger partial charge in [-0.25, -0.2) is 4.98 Å². The van der Waals surface area contributed by atoms with Gasteiger partial charge >= 0.3 is 0 Å². The van der Waals surface area contributed by atoms with Crippen molar-refractivity contribution < 1.29 is 14.7 Å². The van der Waals surface area contributed by atoms with E-state index in [1.165, 1.54) is 16.2 Å². The summed E-state index contributed by atoms with van der Waals surface area (Å²) < 4.78 is 0. The molecule has 0 saturated heterocycles. The molecule has 1 unspecified atom stereocenters. The first-order valence-corrected chi connectivity index (χ1v) is 11.8. The Kier molecular flexibility index (Phi) is 5.77. The molecule has 1 aliphatic rings. The third kappa shape index (κ3) is 3.81. The number of amides is 1. The van der Waals surface area contributed by atoms with Crippen molar-refractivity contribution in [3.63, 3.8) is 0 Å². The Hall–Kier alpha value is -3.74. The van der Waals surface area contributed by atoms with Gasteiger partial charge in [-0.05, 0) is 30.7 Å². The smallest absolute Gasteiger partial charge is 0.294 e. The third-order valence-corrected chi connectivity index (χ3v) is 7.12.